The van der Waals surface area contributed by atoms with Crippen LogP contribution in [-0.2, 0) is 17.4 Å². The second kappa shape index (κ2) is 8.13. The number of nitrogens with two attached hydrogens (primary N) is 1. The molecule has 9 heteroatoms. The summed E-state index contributed by atoms with van der Waals surface area (Å²) in [6.07, 6.45) is -3.21. The molecule has 1 amide bonds. The number of fused-ring (bicyclic) bond motifs is 1. The third-order valence-electron chi connectivity index (χ3n) is 5.60. The highest BCUT2D eigenvalue weighted by molar-refractivity contribution is 5.89. The second-order valence-corrected chi connectivity index (χ2v) is 7.76. The summed E-state index contributed by atoms with van der Waals surface area (Å²) in [4.78, 5) is 26.7. The number of carbonyl (C=O) groups excluding carboxylic acids is 1. The normalized spacial score (nSPS) is 15.4. The number of benzene rings is 1. The van der Waals surface area contributed by atoms with Gasteiger partial charge in [-0.05, 0) is 31.4 Å². The molecule has 0 radical (unpaired) electrons. The number of aryl methyl sites for hydroxylation is 1. The van der Waals surface area contributed by atoms with Crippen LogP contribution < -0.4 is 5.73 Å². The van der Waals surface area contributed by atoms with E-state index in [1.807, 2.05) is 30.3 Å². The maximum absolute atomic E-state index is 13.7. The van der Waals surface area contributed by atoms with E-state index in [0.717, 1.165) is 11.6 Å². The summed E-state index contributed by atoms with van der Waals surface area (Å²) in [7, 11) is 0. The topological polar surface area (TPSA) is 85.0 Å². The van der Waals surface area contributed by atoms with E-state index >= 15 is 0 Å². The lowest BCUT2D eigenvalue weighted by Gasteiger charge is -2.32. The summed E-state index contributed by atoms with van der Waals surface area (Å²) >= 11 is 0. The molecule has 1 aliphatic heterocycles. The van der Waals surface area contributed by atoms with Gasteiger partial charge >= 0.3 is 6.18 Å². The first-order valence-electron chi connectivity index (χ1n) is 10.1. The molecule has 0 saturated carbocycles. The van der Waals surface area contributed by atoms with Crippen LogP contribution in [0.4, 0.5) is 19.0 Å². The summed E-state index contributed by atoms with van der Waals surface area (Å²) in [5.74, 6) is -0.134. The van der Waals surface area contributed by atoms with Crippen molar-refractivity contribution in [3.05, 3.63) is 59.0 Å². The lowest BCUT2D eigenvalue weighted by atomic mass is 9.91. The molecule has 4 rings (SSSR count). The van der Waals surface area contributed by atoms with Crippen molar-refractivity contribution in [3.63, 3.8) is 0 Å². The van der Waals surface area contributed by atoms with Crippen molar-refractivity contribution in [2.45, 2.75) is 38.3 Å². The molecule has 0 unspecified atom stereocenters. The fourth-order valence-electron chi connectivity index (χ4n) is 4.03. The molecule has 1 aliphatic rings. The Labute approximate surface area is 177 Å². The Balaban J connectivity index is 1.56. The van der Waals surface area contributed by atoms with Crippen LogP contribution in [0.15, 0.2) is 36.4 Å². The minimum Gasteiger partial charge on any atom is -0.383 e. The van der Waals surface area contributed by atoms with Gasteiger partial charge in [0.15, 0.2) is 5.65 Å². The highest BCUT2D eigenvalue weighted by Gasteiger charge is 2.36. The molecular weight excluding hydrogens is 407 g/mol. The van der Waals surface area contributed by atoms with E-state index in [0.29, 0.717) is 38.0 Å². The Bertz CT molecular complexity index is 1110. The number of hydrogen-bond donors (Lipinski definition) is 1. The Morgan fingerprint density at radius 1 is 1.13 bits per heavy atom. The van der Waals surface area contributed by atoms with Crippen LogP contribution in [0.1, 0.15) is 41.4 Å². The molecule has 6 nitrogen and oxygen atoms in total. The molecule has 3 heterocycles. The molecule has 0 bridgehead atoms. The van der Waals surface area contributed by atoms with Gasteiger partial charge < -0.3 is 10.6 Å². The SMILES string of the molecule is Cc1nc(N)c2c(C(F)(F)F)cc(C3CCN(C(=O)Cc4ccccc4)CC3)nc2n1. The first-order chi connectivity index (χ1) is 14.7. The molecule has 1 saturated heterocycles. The van der Waals surface area contributed by atoms with Gasteiger partial charge in [-0.25, -0.2) is 15.0 Å². The highest BCUT2D eigenvalue weighted by Crippen LogP contribution is 2.39. The number of alkyl halides is 3. The molecule has 2 N–H and O–H groups in total. The average Bonchev–Trinajstić information content (AvgIpc) is 2.73. The number of aromatic nitrogens is 3. The Morgan fingerprint density at radius 3 is 2.45 bits per heavy atom. The molecule has 1 aromatic carbocycles. The maximum Gasteiger partial charge on any atom is 0.417 e. The van der Waals surface area contributed by atoms with Gasteiger partial charge in [-0.15, -0.1) is 0 Å². The number of halogens is 3. The van der Waals surface area contributed by atoms with Crippen molar-refractivity contribution < 1.29 is 18.0 Å². The number of anilines is 1. The van der Waals surface area contributed by atoms with Gasteiger partial charge in [-0.3, -0.25) is 4.79 Å². The number of hydrogen-bond acceptors (Lipinski definition) is 5. The minimum atomic E-state index is -4.60. The molecule has 162 valence electrons. The number of pyridine rings is 1. The standard InChI is InChI=1S/C22H22F3N5O/c1-13-27-20(26)19-16(22(23,24)25)12-17(29-21(19)28-13)15-7-9-30(10-8-15)18(31)11-14-5-3-2-4-6-14/h2-6,12,15H,7-11H2,1H3,(H2,26,27,28,29). The molecule has 31 heavy (non-hydrogen) atoms. The summed E-state index contributed by atoms with van der Waals surface area (Å²) < 4.78 is 41.2. The molecular formula is C22H22F3N5O. The number of amides is 1. The number of carbonyl (C=O) groups is 1. The van der Waals surface area contributed by atoms with Gasteiger partial charge in [0.05, 0.1) is 17.4 Å². The summed E-state index contributed by atoms with van der Waals surface area (Å²) in [6, 6.07) is 10.5. The number of likely N-dealkylation sites (tertiary alicyclic amines) is 1. The van der Waals surface area contributed by atoms with Gasteiger partial charge in [0, 0.05) is 24.7 Å². The van der Waals surface area contributed by atoms with Crippen molar-refractivity contribution in [1.29, 1.82) is 0 Å². The van der Waals surface area contributed by atoms with E-state index in [1.54, 1.807) is 11.8 Å². The predicted octanol–water partition coefficient (Wildman–Crippen LogP) is 3.88. The van der Waals surface area contributed by atoms with Crippen molar-refractivity contribution in [2.75, 3.05) is 18.8 Å². The van der Waals surface area contributed by atoms with Gasteiger partial charge in [-0.2, -0.15) is 13.2 Å². The van der Waals surface area contributed by atoms with Crippen LogP contribution in [-0.4, -0.2) is 38.8 Å². The van der Waals surface area contributed by atoms with Gasteiger partial charge in [0.25, 0.3) is 0 Å². The number of piperidine rings is 1. The van der Waals surface area contributed by atoms with Gasteiger partial charge in [-0.1, -0.05) is 30.3 Å². The zero-order valence-corrected chi connectivity index (χ0v) is 17.0. The fraction of sp³-hybridized carbons (Fsp3) is 0.364. The Kier molecular flexibility index (Phi) is 5.51. The number of rotatable bonds is 3. The molecule has 3 aromatic rings. The first-order valence-corrected chi connectivity index (χ1v) is 10.1. The van der Waals surface area contributed by atoms with Crippen molar-refractivity contribution in [1.82, 2.24) is 19.9 Å². The molecule has 0 aliphatic carbocycles. The first kappa shape index (κ1) is 21.0. The lowest BCUT2D eigenvalue weighted by Crippen LogP contribution is -2.39. The van der Waals surface area contributed by atoms with Crippen molar-refractivity contribution >= 4 is 22.8 Å². The Morgan fingerprint density at radius 2 is 1.81 bits per heavy atom. The summed E-state index contributed by atoms with van der Waals surface area (Å²) in [5.41, 5.74) is 6.12. The van der Waals surface area contributed by atoms with Crippen LogP contribution in [0.5, 0.6) is 0 Å². The highest BCUT2D eigenvalue weighted by atomic mass is 19.4. The van der Waals surface area contributed by atoms with Crippen molar-refractivity contribution in [2.24, 2.45) is 0 Å². The molecule has 0 spiro atoms. The zero-order chi connectivity index (χ0) is 22.2. The molecule has 1 fully saturated rings. The smallest absolute Gasteiger partial charge is 0.383 e. The Hall–Kier alpha value is -3.23. The summed E-state index contributed by atoms with van der Waals surface area (Å²) in [5, 5.41) is -0.266. The van der Waals surface area contributed by atoms with E-state index in [1.165, 1.54) is 0 Å². The van der Waals surface area contributed by atoms with Crippen LogP contribution in [0.2, 0.25) is 0 Å². The van der Waals surface area contributed by atoms with Crippen LogP contribution in [0, 0.1) is 6.92 Å². The van der Waals surface area contributed by atoms with Crippen molar-refractivity contribution in [3.8, 4) is 0 Å². The fourth-order valence-corrected chi connectivity index (χ4v) is 4.03. The third-order valence-corrected chi connectivity index (χ3v) is 5.60. The maximum atomic E-state index is 13.7. The zero-order valence-electron chi connectivity index (χ0n) is 17.0. The average molecular weight is 429 g/mol. The van der Waals surface area contributed by atoms with E-state index in [-0.39, 0.29) is 34.5 Å². The predicted molar refractivity (Wildman–Crippen MR) is 110 cm³/mol. The van der Waals surface area contributed by atoms with Gasteiger partial charge in [0.1, 0.15) is 11.6 Å². The van der Waals surface area contributed by atoms with E-state index < -0.39 is 11.7 Å². The largest absolute Gasteiger partial charge is 0.417 e. The minimum absolute atomic E-state index is 0.0169. The monoisotopic (exact) mass is 429 g/mol. The second-order valence-electron chi connectivity index (χ2n) is 7.76. The number of nitrogens with zero attached hydrogens (tertiary/aromatic N) is 4. The lowest BCUT2D eigenvalue weighted by molar-refractivity contribution is -0.136. The van der Waals surface area contributed by atoms with E-state index in [4.69, 9.17) is 5.73 Å². The molecule has 2 aromatic heterocycles. The molecule has 0 atom stereocenters. The number of nitrogen functional groups attached to an aromatic ring is 1. The quantitative estimate of drug-likeness (QED) is 0.683. The van der Waals surface area contributed by atoms with Crippen LogP contribution >= 0.6 is 0 Å². The van der Waals surface area contributed by atoms with Crippen LogP contribution in [0.25, 0.3) is 11.0 Å². The van der Waals surface area contributed by atoms with Gasteiger partial charge in [0.2, 0.25) is 5.91 Å². The van der Waals surface area contributed by atoms with E-state index in [9.17, 15) is 18.0 Å². The third kappa shape index (κ3) is 4.45. The van der Waals surface area contributed by atoms with E-state index in [2.05, 4.69) is 15.0 Å². The van der Waals surface area contributed by atoms with Crippen LogP contribution in [0.3, 0.4) is 0 Å². The summed E-state index contributed by atoms with van der Waals surface area (Å²) in [6.45, 7) is 2.51.